The third-order valence-corrected chi connectivity index (χ3v) is 14.0. The summed E-state index contributed by atoms with van der Waals surface area (Å²) in [6.45, 7) is 0.0648. The van der Waals surface area contributed by atoms with E-state index in [4.69, 9.17) is 36.8 Å². The Bertz CT molecular complexity index is 2110. The number of nitrogens with one attached hydrogen (secondary N) is 2. The number of fused-ring (bicyclic) bond motifs is 3. The minimum absolute atomic E-state index is 0. The monoisotopic (exact) mass is 818 g/mol. The molecule has 0 radical (unpaired) electrons. The Kier molecular flexibility index (Phi) is 10.9. The van der Waals surface area contributed by atoms with E-state index in [0.717, 1.165) is 49.2 Å². The highest BCUT2D eigenvalue weighted by Crippen LogP contribution is 2.47. The van der Waals surface area contributed by atoms with Crippen molar-refractivity contribution in [1.82, 2.24) is 24.9 Å². The van der Waals surface area contributed by atoms with Gasteiger partial charge in [0.1, 0.15) is 44.9 Å². The molecular weight excluding hydrogens is 775 g/mol. The molecule has 290 valence electrons. The molecule has 5 atom stereocenters. The van der Waals surface area contributed by atoms with Crippen molar-refractivity contribution in [3.05, 3.63) is 46.4 Å². The molecule has 0 unspecified atom stereocenters. The smallest absolute Gasteiger partial charge is 0.259 e. The Morgan fingerprint density at radius 2 is 1.91 bits per heavy atom. The van der Waals surface area contributed by atoms with Crippen LogP contribution in [0.15, 0.2) is 35.7 Å². The number of methoxy groups -OCH3 is 1. The molecule has 3 aliphatic carbocycles. The molecular formula is C37H44Cl2N6O7S2. The van der Waals surface area contributed by atoms with Crippen molar-refractivity contribution >= 4 is 74.0 Å². The van der Waals surface area contributed by atoms with Crippen molar-refractivity contribution in [2.75, 3.05) is 13.7 Å². The van der Waals surface area contributed by atoms with Crippen LogP contribution >= 0.6 is 35.3 Å². The average molecular weight is 820 g/mol. The van der Waals surface area contributed by atoms with Crippen molar-refractivity contribution < 1.29 is 32.3 Å². The lowest BCUT2D eigenvalue weighted by molar-refractivity contribution is -0.140. The van der Waals surface area contributed by atoms with Crippen LogP contribution in [-0.2, 0) is 24.4 Å². The molecule has 3 aromatic rings. The number of hydrogen-bond acceptors (Lipinski definition) is 11. The van der Waals surface area contributed by atoms with Crippen molar-refractivity contribution in [2.24, 2.45) is 11.7 Å². The van der Waals surface area contributed by atoms with Gasteiger partial charge in [-0.2, -0.15) is 0 Å². The minimum atomic E-state index is -3.86. The lowest BCUT2D eigenvalue weighted by Crippen LogP contribution is -2.57. The van der Waals surface area contributed by atoms with Gasteiger partial charge in [0.2, 0.25) is 21.8 Å². The standard InChI is InChI=1S/C37H43ClN6O7S2.ClH/c1-50-29-14-13-24-30(16-26(40-32(24)31(29)38)34-41-27(19-52-34)20-9-10-20)51-22-15-28-33(45)42-37(36(47)43-53(48,49)23-11-12-23)17-21(37)7-5-3-2-4-6-8-25(39)35(46)44(28)18-22;/h5,7,13-14,16,19-23,25,28H,2-4,6,8-12,15,17-18,39H2,1H3,(H,42,45)(H,43,47);1H/t21-,22-,25+,28+,37-;/m1./s1. The second-order valence-corrected chi connectivity index (χ2v) is 18.1. The summed E-state index contributed by atoms with van der Waals surface area (Å²) in [6.07, 6.45) is 10.5. The molecule has 0 spiro atoms. The summed E-state index contributed by atoms with van der Waals surface area (Å²) in [6, 6.07) is 3.51. The number of thiazole rings is 1. The van der Waals surface area contributed by atoms with Crippen LogP contribution in [0.2, 0.25) is 5.02 Å². The number of hydrogen-bond donors (Lipinski definition) is 3. The maximum atomic E-state index is 14.3. The van der Waals surface area contributed by atoms with Gasteiger partial charge in [0.15, 0.2) is 0 Å². The minimum Gasteiger partial charge on any atom is -0.495 e. The maximum Gasteiger partial charge on any atom is 0.259 e. The Labute approximate surface area is 329 Å². The van der Waals surface area contributed by atoms with Crippen LogP contribution in [0.25, 0.3) is 21.6 Å². The molecule has 13 nitrogen and oxygen atoms in total. The number of halogens is 2. The molecule has 3 saturated carbocycles. The summed E-state index contributed by atoms with van der Waals surface area (Å²) in [5.41, 5.74) is 7.08. The number of nitrogens with zero attached hydrogens (tertiary/aromatic N) is 3. The fourth-order valence-electron chi connectivity index (χ4n) is 7.47. The lowest BCUT2D eigenvalue weighted by atomic mass is 10.1. The highest BCUT2D eigenvalue weighted by Gasteiger charge is 2.62. The van der Waals surface area contributed by atoms with Crippen molar-refractivity contribution in [1.29, 1.82) is 0 Å². The molecule has 1 aromatic carbocycles. The number of pyridine rings is 1. The van der Waals surface area contributed by atoms with Gasteiger partial charge in [0.05, 0.1) is 36.2 Å². The molecule has 3 amide bonds. The van der Waals surface area contributed by atoms with Gasteiger partial charge < -0.3 is 25.4 Å². The van der Waals surface area contributed by atoms with E-state index in [1.54, 1.807) is 6.07 Å². The predicted octanol–water partition coefficient (Wildman–Crippen LogP) is 5.00. The van der Waals surface area contributed by atoms with Gasteiger partial charge in [-0.05, 0) is 63.5 Å². The van der Waals surface area contributed by atoms with E-state index in [1.807, 2.05) is 24.3 Å². The molecule has 54 heavy (non-hydrogen) atoms. The summed E-state index contributed by atoms with van der Waals surface area (Å²) in [4.78, 5) is 53.1. The number of aromatic nitrogens is 2. The highest BCUT2D eigenvalue weighted by molar-refractivity contribution is 7.91. The van der Waals surface area contributed by atoms with Crippen molar-refractivity contribution in [2.45, 2.75) is 106 Å². The lowest BCUT2D eigenvalue weighted by Gasteiger charge is -2.28. The number of rotatable bonds is 8. The Morgan fingerprint density at radius 3 is 2.65 bits per heavy atom. The van der Waals surface area contributed by atoms with Crippen LogP contribution in [-0.4, -0.2) is 83.6 Å². The molecule has 8 rings (SSSR count). The molecule has 0 bridgehead atoms. The second kappa shape index (κ2) is 15.2. The fraction of sp³-hybridized carbons (Fsp3) is 0.541. The number of allylic oxidation sites excluding steroid dienone is 1. The van der Waals surface area contributed by atoms with Crippen LogP contribution in [0, 0.1) is 5.92 Å². The van der Waals surface area contributed by atoms with E-state index in [9.17, 15) is 22.8 Å². The van der Waals surface area contributed by atoms with Gasteiger partial charge >= 0.3 is 0 Å². The van der Waals surface area contributed by atoms with Gasteiger partial charge in [-0.1, -0.05) is 36.6 Å². The summed E-state index contributed by atoms with van der Waals surface area (Å²) < 4.78 is 40.0. The summed E-state index contributed by atoms with van der Waals surface area (Å²) in [5, 5.41) is 6.01. The Hall–Kier alpha value is -3.50. The zero-order valence-electron chi connectivity index (χ0n) is 29.8. The summed E-state index contributed by atoms with van der Waals surface area (Å²) in [7, 11) is -2.33. The molecule has 1 saturated heterocycles. The topological polar surface area (TPSA) is 183 Å². The van der Waals surface area contributed by atoms with Crippen molar-refractivity contribution in [3.8, 4) is 22.2 Å². The quantitative estimate of drug-likeness (QED) is 0.262. The van der Waals surface area contributed by atoms with Crippen LogP contribution in [0.5, 0.6) is 11.5 Å². The molecule has 17 heteroatoms. The SMILES string of the molecule is COc1ccc2c(O[C@@H]3C[C@H]4C(=O)N[C@]5(C(=O)NS(=O)(=O)C6CC6)C[C@H]5C=CCCCCC[C@H](N)C(=O)N4C3)cc(-c3nc(C4CC4)cs3)nc2c1Cl.Cl. The number of benzene rings is 1. The first-order valence-corrected chi connectivity index (χ1v) is 21.2. The zero-order valence-corrected chi connectivity index (χ0v) is 33.0. The predicted molar refractivity (Wildman–Crippen MR) is 207 cm³/mol. The number of nitrogens with two attached hydrogens (primary N) is 1. The number of carbonyl (C=O) groups excluding carboxylic acids is 3. The zero-order chi connectivity index (χ0) is 37.1. The maximum absolute atomic E-state index is 14.3. The number of amides is 3. The first-order chi connectivity index (χ1) is 25.5. The third-order valence-electron chi connectivity index (χ3n) is 11.0. The van der Waals surface area contributed by atoms with E-state index >= 15 is 0 Å². The average Bonchev–Trinajstić information content (AvgIpc) is 4.09. The molecule has 4 N–H and O–H groups in total. The Balaban J connectivity index is 0.00000450. The summed E-state index contributed by atoms with van der Waals surface area (Å²) in [5.74, 6) is -0.718. The van der Waals surface area contributed by atoms with Gasteiger partial charge in [-0.15, -0.1) is 23.7 Å². The van der Waals surface area contributed by atoms with Crippen LogP contribution in [0.3, 0.4) is 0 Å². The van der Waals surface area contributed by atoms with Crippen LogP contribution in [0.1, 0.15) is 82.2 Å². The van der Waals surface area contributed by atoms with E-state index in [2.05, 4.69) is 15.4 Å². The molecule has 2 aliphatic heterocycles. The first kappa shape index (κ1) is 38.8. The van der Waals surface area contributed by atoms with Crippen LogP contribution < -0.4 is 25.2 Å². The van der Waals surface area contributed by atoms with Gasteiger partial charge in [-0.25, -0.2) is 18.4 Å². The summed E-state index contributed by atoms with van der Waals surface area (Å²) >= 11 is 8.29. The van der Waals surface area contributed by atoms with E-state index in [-0.39, 0.29) is 43.6 Å². The second-order valence-electron chi connectivity index (χ2n) is 14.9. The van der Waals surface area contributed by atoms with Gasteiger partial charge in [-0.3, -0.25) is 19.1 Å². The largest absolute Gasteiger partial charge is 0.495 e. The molecule has 4 fully saturated rings. The number of carbonyl (C=O) groups is 3. The molecule has 5 aliphatic rings. The Morgan fingerprint density at radius 1 is 1.11 bits per heavy atom. The molecule has 4 heterocycles. The first-order valence-electron chi connectivity index (χ1n) is 18.4. The normalized spacial score (nSPS) is 27.5. The van der Waals surface area contributed by atoms with E-state index < -0.39 is 50.8 Å². The highest BCUT2D eigenvalue weighted by atomic mass is 35.5. The van der Waals surface area contributed by atoms with E-state index in [0.29, 0.717) is 58.3 Å². The van der Waals surface area contributed by atoms with Crippen LogP contribution in [0.4, 0.5) is 0 Å². The van der Waals surface area contributed by atoms with Gasteiger partial charge in [0, 0.05) is 35.1 Å². The van der Waals surface area contributed by atoms with E-state index in [1.165, 1.54) is 23.3 Å². The fourth-order valence-corrected chi connectivity index (χ4v) is 9.97. The number of ether oxygens (including phenoxy) is 2. The third kappa shape index (κ3) is 7.66. The van der Waals surface area contributed by atoms with Crippen molar-refractivity contribution in [3.63, 3.8) is 0 Å². The molecule has 2 aromatic heterocycles. The number of sulfonamides is 1. The van der Waals surface area contributed by atoms with Gasteiger partial charge in [0.25, 0.3) is 5.91 Å².